The Hall–Kier alpha value is -7.42. The highest BCUT2D eigenvalue weighted by molar-refractivity contribution is 7.09. The first-order chi connectivity index (χ1) is 42.7. The number of amides is 5. The SMILES string of the molecule is CC[C@H](C)[C@H](CC(=O)[C@H]1CCCC[N+]1(C)Cc1ccc(O[C@@H]2OCC(O)[C@H](O)C2O)c(CC(=O)CCNC(=O)C2(N3C(=O)C=CC3=O)CNC2)c1)C(=O)N(C)[C@H](C[C@@H](OC(C)=O)c1nc(C(=O)N[C@@H](Cc2ccccc2)C[C@H](C)C(=O)O)cs1)C(C)C.O=C=O. The molecule has 1 aromatic heterocycles. The number of piperidine rings is 1. The van der Waals surface area contributed by atoms with Crippen LogP contribution in [0.25, 0.3) is 0 Å². The number of quaternary nitrogens is 1. The number of ether oxygens (including phenoxy) is 3. The maximum absolute atomic E-state index is 15.1. The Morgan fingerprint density at radius 2 is 1.63 bits per heavy atom. The normalized spacial score (nSPS) is 23.1. The van der Waals surface area contributed by atoms with Crippen LogP contribution in [0.5, 0.6) is 5.75 Å². The van der Waals surface area contributed by atoms with Crippen molar-refractivity contribution < 1.29 is 91.9 Å². The number of likely N-dealkylation sites (tertiary alicyclic amines) is 1. The van der Waals surface area contributed by atoms with Crippen LogP contribution in [0.3, 0.4) is 0 Å². The van der Waals surface area contributed by atoms with Crippen LogP contribution < -0.4 is 20.7 Å². The average Bonchev–Trinajstić information content (AvgIpc) is 1.42. The first-order valence-electron chi connectivity index (χ1n) is 30.5. The number of hydrogen-bond donors (Lipinski definition) is 7. The monoisotopic (exact) mass is 1270 g/mol. The molecule has 490 valence electrons. The van der Waals surface area contributed by atoms with E-state index in [4.69, 9.17) is 23.8 Å². The van der Waals surface area contributed by atoms with E-state index in [-0.39, 0.29) is 105 Å². The summed E-state index contributed by atoms with van der Waals surface area (Å²) in [5, 5.41) is 51.6. The summed E-state index contributed by atoms with van der Waals surface area (Å²) in [6, 6.07) is 13.1. The molecule has 3 aromatic rings. The number of ketones is 2. The largest absolute Gasteiger partial charge is 0.481 e. The van der Waals surface area contributed by atoms with Gasteiger partial charge < -0.3 is 60.0 Å². The number of carbonyl (C=O) groups is 9. The van der Waals surface area contributed by atoms with E-state index in [1.54, 1.807) is 42.5 Å². The van der Waals surface area contributed by atoms with Crippen LogP contribution >= 0.6 is 11.3 Å². The molecule has 4 aliphatic rings. The quantitative estimate of drug-likeness (QED) is 0.0286. The Morgan fingerprint density at radius 3 is 2.24 bits per heavy atom. The van der Waals surface area contributed by atoms with Crippen LogP contribution in [-0.4, -0.2) is 194 Å². The number of rotatable bonds is 30. The van der Waals surface area contributed by atoms with Crippen molar-refractivity contribution in [2.45, 2.75) is 167 Å². The van der Waals surface area contributed by atoms with Crippen molar-refractivity contribution in [1.82, 2.24) is 30.7 Å². The number of esters is 1. The summed E-state index contributed by atoms with van der Waals surface area (Å²) in [5.41, 5.74) is 0.694. The molecule has 0 bridgehead atoms. The smallest absolute Gasteiger partial charge is 0.373 e. The van der Waals surface area contributed by atoms with Crippen molar-refractivity contribution in [3.63, 3.8) is 0 Å². The van der Waals surface area contributed by atoms with Crippen molar-refractivity contribution in [2.24, 2.45) is 23.7 Å². The Balaban J connectivity index is 0.00000421. The topological polar surface area (TPSA) is 352 Å². The van der Waals surface area contributed by atoms with Gasteiger partial charge in [-0.2, -0.15) is 9.59 Å². The number of aliphatic hydroxyl groups excluding tert-OH is 3. The molecule has 4 aliphatic heterocycles. The van der Waals surface area contributed by atoms with E-state index in [0.717, 1.165) is 52.4 Å². The van der Waals surface area contributed by atoms with Gasteiger partial charge in [0, 0.05) is 112 Å². The van der Waals surface area contributed by atoms with E-state index in [1.807, 2.05) is 65.1 Å². The molecule has 3 unspecified atom stereocenters. The summed E-state index contributed by atoms with van der Waals surface area (Å²) in [4.78, 5) is 144. The van der Waals surface area contributed by atoms with Crippen molar-refractivity contribution in [3.05, 3.63) is 93.5 Å². The second-order valence-corrected chi connectivity index (χ2v) is 25.5. The molecule has 26 heteroatoms. The van der Waals surface area contributed by atoms with E-state index in [9.17, 15) is 54.0 Å². The number of aromatic nitrogens is 1. The van der Waals surface area contributed by atoms with E-state index in [1.165, 1.54) is 6.92 Å². The van der Waals surface area contributed by atoms with Crippen LogP contribution in [0.1, 0.15) is 131 Å². The number of nitrogens with zero attached hydrogens (tertiary/aromatic N) is 4. The van der Waals surface area contributed by atoms with Crippen molar-refractivity contribution in [2.75, 3.05) is 46.9 Å². The molecule has 3 saturated heterocycles. The second kappa shape index (κ2) is 32.5. The number of carbonyl (C=O) groups excluding carboxylic acids is 10. The van der Waals surface area contributed by atoms with Crippen molar-refractivity contribution >= 4 is 70.5 Å². The number of hydrogen-bond acceptors (Lipinski definition) is 20. The molecule has 5 amide bonds. The van der Waals surface area contributed by atoms with Gasteiger partial charge in [0.1, 0.15) is 53.1 Å². The standard InChI is InChI=1S/C63H85N7O16S.CO2/c1-9-37(4)45(59(80)68(7)47(36(2)3)30-52(85-39(6)71)58-67-46(33-87-58)57(79)66-43(25-38(5)60(81)82)27-40-15-11-10-12-16-40)29-49(73)48-17-13-14-24-70(48,8)31-41-18-19-51(86-61-56(78)55(77)50(74)32-84-61)42(26-41)28-44(72)22-23-65-62(83)63(34-64-35-63)69-53(75)20-21-54(69)76;2-1-3/h10-12,15-16,18-21,26,33,36-38,43,45,47-48,50,52,55-56,61,64,74,77-78H,9,13-14,17,22-25,27-32,34-35H2,1-8H3,(H2-,65,66,79,81,82,83);/p+1/t37-,38-,43+,45-,47+,48+,50?,52+,55-,56?,61-,70?;/m0./s1. The van der Waals surface area contributed by atoms with Gasteiger partial charge in [0.15, 0.2) is 17.4 Å². The second-order valence-electron chi connectivity index (χ2n) is 24.6. The third-order valence-corrected chi connectivity index (χ3v) is 18.6. The summed E-state index contributed by atoms with van der Waals surface area (Å²) in [6.45, 7) is 11.3. The van der Waals surface area contributed by atoms with Crippen LogP contribution in [0.15, 0.2) is 66.1 Å². The molecular weight excluding hydrogens is 1190 g/mol. The van der Waals surface area contributed by atoms with Crippen LogP contribution in [-0.2, 0) is 76.8 Å². The maximum Gasteiger partial charge on any atom is 0.373 e. The molecule has 90 heavy (non-hydrogen) atoms. The Kier molecular flexibility index (Phi) is 25.9. The van der Waals surface area contributed by atoms with Gasteiger partial charge in [0.2, 0.25) is 18.1 Å². The maximum atomic E-state index is 15.1. The van der Waals surface area contributed by atoms with Gasteiger partial charge in [-0.3, -0.25) is 48.1 Å². The zero-order chi connectivity index (χ0) is 66.2. The fourth-order valence-electron chi connectivity index (χ4n) is 12.3. The molecule has 2 aromatic carbocycles. The predicted octanol–water partition coefficient (Wildman–Crippen LogP) is 3.01. The zero-order valence-corrected chi connectivity index (χ0v) is 53.1. The highest BCUT2D eigenvalue weighted by Gasteiger charge is 2.54. The van der Waals surface area contributed by atoms with Gasteiger partial charge in [0.25, 0.3) is 17.7 Å². The Labute approximate surface area is 527 Å². The predicted molar refractivity (Wildman–Crippen MR) is 323 cm³/mol. The van der Waals surface area contributed by atoms with Crippen LogP contribution in [0.2, 0.25) is 0 Å². The Bertz CT molecular complexity index is 3090. The average molecular weight is 1270 g/mol. The number of benzene rings is 2. The molecular formula is C64H86N7O18S+. The summed E-state index contributed by atoms with van der Waals surface area (Å²) >= 11 is 1.13. The van der Waals surface area contributed by atoms with E-state index >= 15 is 9.59 Å². The number of carboxylic acids is 1. The number of aliphatic carboxylic acids is 1. The first-order valence-corrected chi connectivity index (χ1v) is 31.4. The minimum absolute atomic E-state index is 0.0389. The lowest BCUT2D eigenvalue weighted by atomic mass is 9.82. The summed E-state index contributed by atoms with van der Waals surface area (Å²) < 4.78 is 17.8. The highest BCUT2D eigenvalue weighted by atomic mass is 32.1. The third kappa shape index (κ3) is 18.2. The van der Waals surface area contributed by atoms with E-state index < -0.39 is 102 Å². The molecule has 5 heterocycles. The van der Waals surface area contributed by atoms with E-state index in [2.05, 4.69) is 20.9 Å². The summed E-state index contributed by atoms with van der Waals surface area (Å²) in [5.74, 6) is -6.18. The third-order valence-electron chi connectivity index (χ3n) is 17.7. The lowest BCUT2D eigenvalue weighted by Gasteiger charge is -2.46. The number of Topliss-reactive ketones (excluding diaryl/α,β-unsaturated/α-hetero) is 2. The first kappa shape index (κ1) is 71.7. The molecule has 3 fully saturated rings. The van der Waals surface area contributed by atoms with Gasteiger partial charge >= 0.3 is 18.1 Å². The van der Waals surface area contributed by atoms with Crippen molar-refractivity contribution in [1.29, 1.82) is 0 Å². The molecule has 7 N–H and O–H groups in total. The lowest BCUT2D eigenvalue weighted by Crippen LogP contribution is -2.76. The number of imide groups is 1. The van der Waals surface area contributed by atoms with Gasteiger partial charge in [-0.1, -0.05) is 71.4 Å². The molecule has 0 radical (unpaired) electrons. The lowest BCUT2D eigenvalue weighted by molar-refractivity contribution is -0.941. The van der Waals surface area contributed by atoms with Crippen LogP contribution in [0.4, 0.5) is 0 Å². The minimum atomic E-state index is -1.64. The van der Waals surface area contributed by atoms with Gasteiger partial charge in [-0.15, -0.1) is 11.3 Å². The van der Waals surface area contributed by atoms with Crippen molar-refractivity contribution in [3.8, 4) is 5.75 Å². The molecule has 7 rings (SSSR count). The summed E-state index contributed by atoms with van der Waals surface area (Å²) in [6.07, 6.45) is -1.38. The fraction of sp³-hybridized carbons (Fsp3) is 0.578. The minimum Gasteiger partial charge on any atom is -0.481 e. The highest BCUT2D eigenvalue weighted by Crippen LogP contribution is 2.36. The summed E-state index contributed by atoms with van der Waals surface area (Å²) in [7, 11) is 3.71. The van der Waals surface area contributed by atoms with Gasteiger partial charge in [0.05, 0.1) is 26.1 Å². The molecule has 0 spiro atoms. The number of carboxylic acid groups (broad SMARTS) is 1. The number of thiazole rings is 1. The number of likely N-dealkylation sites (N-methyl/N-ethyl adjacent to an activating group) is 1. The number of aliphatic hydroxyl groups is 3. The van der Waals surface area contributed by atoms with Gasteiger partial charge in [-0.25, -0.2) is 4.98 Å². The van der Waals surface area contributed by atoms with Crippen LogP contribution in [0, 0.1) is 23.7 Å². The fourth-order valence-corrected chi connectivity index (χ4v) is 13.1. The molecule has 0 aliphatic carbocycles. The zero-order valence-electron chi connectivity index (χ0n) is 52.3. The Morgan fingerprint density at radius 1 is 0.956 bits per heavy atom. The molecule has 0 saturated carbocycles. The number of nitrogens with one attached hydrogen (secondary N) is 3. The molecule has 12 atom stereocenters. The van der Waals surface area contributed by atoms with Gasteiger partial charge in [-0.05, 0) is 61.3 Å². The molecule has 25 nitrogen and oxygen atoms in total. The van der Waals surface area contributed by atoms with E-state index in [0.29, 0.717) is 47.4 Å².